The first-order valence-corrected chi connectivity index (χ1v) is 10.8. The van der Waals surface area contributed by atoms with E-state index in [1.165, 1.54) is 11.3 Å². The molecule has 5 rings (SSSR count). The number of aromatic nitrogens is 4. The normalized spacial score (nSPS) is 11.2. The van der Waals surface area contributed by atoms with Crippen LogP contribution in [0, 0.1) is 6.92 Å². The molecule has 0 fully saturated rings. The van der Waals surface area contributed by atoms with Gasteiger partial charge in [0.1, 0.15) is 0 Å². The Labute approximate surface area is 187 Å². The smallest absolute Gasteiger partial charge is 0.260 e. The van der Waals surface area contributed by atoms with Crippen LogP contribution in [-0.2, 0) is 6.54 Å². The first kappa shape index (κ1) is 19.5. The zero-order valence-corrected chi connectivity index (χ0v) is 18.1. The van der Waals surface area contributed by atoms with Gasteiger partial charge in [-0.2, -0.15) is 0 Å². The van der Waals surface area contributed by atoms with E-state index in [9.17, 15) is 4.79 Å². The third kappa shape index (κ3) is 3.73. The van der Waals surface area contributed by atoms with E-state index in [0.29, 0.717) is 27.8 Å². The average Bonchev–Trinajstić information content (AvgIpc) is 3.25. The number of halogens is 1. The molecule has 5 aromatic rings. The number of carbonyl (C=O) groups excluding carboxylic acids is 1. The summed E-state index contributed by atoms with van der Waals surface area (Å²) in [7, 11) is 0. The Bertz CT molecular complexity index is 1420. The van der Waals surface area contributed by atoms with Crippen molar-refractivity contribution >= 4 is 55.2 Å². The molecule has 1 amide bonds. The Morgan fingerprint density at radius 3 is 2.71 bits per heavy atom. The van der Waals surface area contributed by atoms with Crippen LogP contribution < -0.4 is 4.90 Å². The van der Waals surface area contributed by atoms with Crippen LogP contribution in [0.25, 0.3) is 21.3 Å². The first-order valence-electron chi connectivity index (χ1n) is 9.57. The van der Waals surface area contributed by atoms with Crippen molar-refractivity contribution < 1.29 is 4.79 Å². The van der Waals surface area contributed by atoms with Gasteiger partial charge < -0.3 is 0 Å². The maximum atomic E-state index is 13.6. The first-order chi connectivity index (χ1) is 15.1. The van der Waals surface area contributed by atoms with Crippen molar-refractivity contribution in [1.29, 1.82) is 0 Å². The molecule has 8 heteroatoms. The topological polar surface area (TPSA) is 71.9 Å². The molecular formula is C23H16ClN5OS. The summed E-state index contributed by atoms with van der Waals surface area (Å²) in [5, 5.41) is 1.26. The van der Waals surface area contributed by atoms with E-state index in [0.717, 1.165) is 26.9 Å². The lowest BCUT2D eigenvalue weighted by Crippen LogP contribution is -2.30. The number of aryl methyl sites for hydroxylation is 1. The Morgan fingerprint density at radius 2 is 1.90 bits per heavy atom. The van der Waals surface area contributed by atoms with E-state index >= 15 is 0 Å². The fourth-order valence-electron chi connectivity index (χ4n) is 3.36. The van der Waals surface area contributed by atoms with Gasteiger partial charge in [0.05, 0.1) is 27.8 Å². The SMILES string of the molecule is Cc1c(Cl)ccc2sc(N(Cc3cccnc3)C(=O)c3ccc4nccnc4c3)nc12. The Balaban J connectivity index is 1.61. The third-order valence-corrected chi connectivity index (χ3v) is 6.45. The summed E-state index contributed by atoms with van der Waals surface area (Å²) >= 11 is 7.74. The van der Waals surface area contributed by atoms with E-state index in [1.807, 2.05) is 31.2 Å². The molecule has 3 heterocycles. The number of hydrogen-bond donors (Lipinski definition) is 0. The number of amides is 1. The Hall–Kier alpha value is -3.42. The van der Waals surface area contributed by atoms with E-state index in [1.54, 1.807) is 47.9 Å². The number of anilines is 1. The molecule has 0 unspecified atom stereocenters. The van der Waals surface area contributed by atoms with Crippen LogP contribution in [-0.4, -0.2) is 25.8 Å². The minimum Gasteiger partial charge on any atom is -0.279 e. The Kier molecular flexibility index (Phi) is 5.05. The molecule has 0 atom stereocenters. The molecular weight excluding hydrogens is 430 g/mol. The zero-order chi connectivity index (χ0) is 21.4. The highest BCUT2D eigenvalue weighted by Gasteiger charge is 2.23. The standard InChI is InChI=1S/C23H16ClN5OS/c1-14-17(24)5-7-20-21(14)28-23(31-20)29(13-15-3-2-8-25-12-15)22(30)16-4-6-18-19(11-16)27-10-9-26-18/h2-12H,13H2,1H3. The van der Waals surface area contributed by atoms with Crippen LogP contribution in [0.1, 0.15) is 21.5 Å². The van der Waals surface area contributed by atoms with Crippen LogP contribution in [0.2, 0.25) is 5.02 Å². The number of carbonyl (C=O) groups is 1. The van der Waals surface area contributed by atoms with Gasteiger partial charge in [0.25, 0.3) is 5.91 Å². The minimum absolute atomic E-state index is 0.167. The zero-order valence-electron chi connectivity index (χ0n) is 16.5. The minimum atomic E-state index is -0.167. The maximum absolute atomic E-state index is 13.6. The molecule has 0 bridgehead atoms. The monoisotopic (exact) mass is 445 g/mol. The van der Waals surface area contributed by atoms with Gasteiger partial charge >= 0.3 is 0 Å². The second-order valence-corrected chi connectivity index (χ2v) is 8.44. The van der Waals surface area contributed by atoms with Crippen molar-refractivity contribution in [3.63, 3.8) is 0 Å². The van der Waals surface area contributed by atoms with Crippen molar-refractivity contribution in [3.8, 4) is 0 Å². The van der Waals surface area contributed by atoms with Gasteiger partial charge in [0.15, 0.2) is 5.13 Å². The van der Waals surface area contributed by atoms with Gasteiger partial charge in [-0.1, -0.05) is 29.0 Å². The summed E-state index contributed by atoms with van der Waals surface area (Å²) < 4.78 is 0.977. The number of fused-ring (bicyclic) bond motifs is 2. The Morgan fingerprint density at radius 1 is 1.06 bits per heavy atom. The summed E-state index contributed by atoms with van der Waals surface area (Å²) in [6.45, 7) is 2.28. The van der Waals surface area contributed by atoms with Crippen LogP contribution in [0.15, 0.2) is 67.3 Å². The van der Waals surface area contributed by atoms with Crippen LogP contribution in [0.4, 0.5) is 5.13 Å². The van der Waals surface area contributed by atoms with Crippen LogP contribution in [0.3, 0.4) is 0 Å². The molecule has 152 valence electrons. The van der Waals surface area contributed by atoms with Crippen LogP contribution in [0.5, 0.6) is 0 Å². The predicted octanol–water partition coefficient (Wildman–Crippen LogP) is 5.44. The van der Waals surface area contributed by atoms with Crippen molar-refractivity contribution in [1.82, 2.24) is 19.9 Å². The maximum Gasteiger partial charge on any atom is 0.260 e. The lowest BCUT2D eigenvalue weighted by molar-refractivity contribution is 0.0985. The van der Waals surface area contributed by atoms with E-state index in [4.69, 9.17) is 16.6 Å². The molecule has 0 spiro atoms. The largest absolute Gasteiger partial charge is 0.279 e. The number of benzene rings is 2. The summed E-state index contributed by atoms with van der Waals surface area (Å²) in [6.07, 6.45) is 6.71. The fraction of sp³-hybridized carbons (Fsp3) is 0.0870. The molecule has 0 radical (unpaired) electrons. The number of pyridine rings is 1. The molecule has 0 saturated heterocycles. The molecule has 0 N–H and O–H groups in total. The highest BCUT2D eigenvalue weighted by molar-refractivity contribution is 7.22. The molecule has 3 aromatic heterocycles. The van der Waals surface area contributed by atoms with Crippen LogP contribution >= 0.6 is 22.9 Å². The van der Waals surface area contributed by atoms with Gasteiger partial charge in [-0.05, 0) is 54.4 Å². The van der Waals surface area contributed by atoms with Gasteiger partial charge in [0.2, 0.25) is 0 Å². The highest BCUT2D eigenvalue weighted by Crippen LogP contribution is 2.34. The van der Waals surface area contributed by atoms with Crippen molar-refractivity contribution in [2.75, 3.05) is 4.90 Å². The average molecular weight is 446 g/mol. The highest BCUT2D eigenvalue weighted by atomic mass is 35.5. The fourth-order valence-corrected chi connectivity index (χ4v) is 4.53. The van der Waals surface area contributed by atoms with E-state index < -0.39 is 0 Å². The summed E-state index contributed by atoms with van der Waals surface area (Å²) in [5.41, 5.74) is 4.54. The summed E-state index contributed by atoms with van der Waals surface area (Å²) in [5.74, 6) is -0.167. The number of rotatable bonds is 4. The lowest BCUT2D eigenvalue weighted by Gasteiger charge is -2.20. The molecule has 0 saturated carbocycles. The quantitative estimate of drug-likeness (QED) is 0.368. The van der Waals surface area contributed by atoms with Crippen molar-refractivity contribution in [2.24, 2.45) is 0 Å². The van der Waals surface area contributed by atoms with Crippen molar-refractivity contribution in [2.45, 2.75) is 13.5 Å². The predicted molar refractivity (Wildman–Crippen MR) is 124 cm³/mol. The summed E-state index contributed by atoms with van der Waals surface area (Å²) in [6, 6.07) is 12.9. The van der Waals surface area contributed by atoms with Gasteiger partial charge in [0, 0.05) is 35.4 Å². The number of thiazole rings is 1. The van der Waals surface area contributed by atoms with Gasteiger partial charge in [-0.3, -0.25) is 24.6 Å². The lowest BCUT2D eigenvalue weighted by atomic mass is 10.1. The molecule has 0 aliphatic carbocycles. The second-order valence-electron chi connectivity index (χ2n) is 7.03. The molecule has 6 nitrogen and oxygen atoms in total. The molecule has 0 aliphatic heterocycles. The molecule has 0 aliphatic rings. The number of nitrogens with zero attached hydrogens (tertiary/aromatic N) is 5. The van der Waals surface area contributed by atoms with E-state index in [2.05, 4.69) is 15.0 Å². The van der Waals surface area contributed by atoms with Gasteiger partial charge in [-0.25, -0.2) is 4.98 Å². The van der Waals surface area contributed by atoms with E-state index in [-0.39, 0.29) is 5.91 Å². The van der Waals surface area contributed by atoms with Crippen molar-refractivity contribution in [3.05, 3.63) is 89.0 Å². The molecule has 31 heavy (non-hydrogen) atoms. The third-order valence-electron chi connectivity index (χ3n) is 4.99. The second kappa shape index (κ2) is 8.02. The molecule has 2 aromatic carbocycles. The van der Waals surface area contributed by atoms with Gasteiger partial charge in [-0.15, -0.1) is 0 Å². The summed E-state index contributed by atoms with van der Waals surface area (Å²) in [4.78, 5) is 32.9. The number of hydrogen-bond acceptors (Lipinski definition) is 6.